The molecule has 0 aromatic carbocycles. The first-order valence-corrected chi connectivity index (χ1v) is 10.9. The van der Waals surface area contributed by atoms with Crippen molar-refractivity contribution in [3.8, 4) is 0 Å². The molecule has 0 aromatic rings. The van der Waals surface area contributed by atoms with Gasteiger partial charge in [0, 0.05) is 12.5 Å². The summed E-state index contributed by atoms with van der Waals surface area (Å²) in [5.41, 5.74) is 0. The van der Waals surface area contributed by atoms with Crippen LogP contribution in [0.3, 0.4) is 0 Å². The van der Waals surface area contributed by atoms with Crippen molar-refractivity contribution in [3.63, 3.8) is 0 Å². The van der Waals surface area contributed by atoms with Crippen LogP contribution in [0.4, 0.5) is 0 Å². The van der Waals surface area contributed by atoms with Gasteiger partial charge in [-0.3, -0.25) is 4.79 Å². The summed E-state index contributed by atoms with van der Waals surface area (Å²) < 4.78 is 36.8. The molecular weight excluding hydrogens is 404 g/mol. The minimum Gasteiger partial charge on any atom is -0.469 e. The molecule has 0 aliphatic rings. The SMILES string of the molecule is COC(=O)CCOCCOCCOCCOCCOCCOCCCCCCCl. The number of unbranched alkanes of at least 4 members (excludes halogenated alkanes) is 3. The van der Waals surface area contributed by atoms with E-state index >= 15 is 0 Å². The zero-order valence-electron chi connectivity index (χ0n) is 17.9. The van der Waals surface area contributed by atoms with Crippen molar-refractivity contribution in [1.29, 1.82) is 0 Å². The van der Waals surface area contributed by atoms with E-state index in [9.17, 15) is 4.79 Å². The maximum Gasteiger partial charge on any atom is 0.307 e. The van der Waals surface area contributed by atoms with Crippen LogP contribution >= 0.6 is 11.6 Å². The summed E-state index contributed by atoms with van der Waals surface area (Å²) in [6.07, 6.45) is 4.76. The molecule has 0 rings (SSSR count). The van der Waals surface area contributed by atoms with Gasteiger partial charge in [-0.2, -0.15) is 0 Å². The van der Waals surface area contributed by atoms with Crippen molar-refractivity contribution >= 4 is 17.6 Å². The molecule has 9 heteroatoms. The van der Waals surface area contributed by atoms with E-state index in [1.165, 1.54) is 20.0 Å². The predicted octanol–water partition coefficient (Wildman–Crippen LogP) is 2.45. The fourth-order valence-corrected chi connectivity index (χ4v) is 2.30. The van der Waals surface area contributed by atoms with Crippen LogP contribution in [0.15, 0.2) is 0 Å². The van der Waals surface area contributed by atoms with Gasteiger partial charge in [0.25, 0.3) is 0 Å². The van der Waals surface area contributed by atoms with Crippen molar-refractivity contribution in [1.82, 2.24) is 0 Å². The number of halogens is 1. The Morgan fingerprint density at radius 3 is 1.34 bits per heavy atom. The Morgan fingerprint density at radius 2 is 0.931 bits per heavy atom. The molecule has 0 atom stereocenters. The van der Waals surface area contributed by atoms with E-state index in [1.807, 2.05) is 0 Å². The van der Waals surface area contributed by atoms with Gasteiger partial charge >= 0.3 is 5.97 Å². The second kappa shape index (κ2) is 25.6. The smallest absolute Gasteiger partial charge is 0.307 e. The summed E-state index contributed by atoms with van der Waals surface area (Å²) in [6.45, 7) is 6.39. The molecule has 0 saturated carbocycles. The third kappa shape index (κ3) is 25.5. The van der Waals surface area contributed by atoms with Crippen LogP contribution in [0.5, 0.6) is 0 Å². The number of alkyl halides is 1. The number of carbonyl (C=O) groups is 1. The van der Waals surface area contributed by atoms with Crippen molar-refractivity contribution in [2.75, 3.05) is 92.3 Å². The number of carbonyl (C=O) groups excluding carboxylic acids is 1. The highest BCUT2D eigenvalue weighted by Gasteiger charge is 1.99. The number of rotatable bonds is 24. The molecule has 0 saturated heterocycles. The minimum atomic E-state index is -0.276. The molecule has 29 heavy (non-hydrogen) atoms. The van der Waals surface area contributed by atoms with Gasteiger partial charge in [0.15, 0.2) is 0 Å². The Kier molecular flexibility index (Phi) is 25.1. The average Bonchev–Trinajstić information content (AvgIpc) is 2.74. The van der Waals surface area contributed by atoms with Crippen molar-refractivity contribution in [3.05, 3.63) is 0 Å². The Balaban J connectivity index is 3.01. The van der Waals surface area contributed by atoms with Crippen LogP contribution in [0.2, 0.25) is 0 Å². The summed E-state index contributed by atoms with van der Waals surface area (Å²) >= 11 is 5.62. The van der Waals surface area contributed by atoms with Crippen LogP contribution in [0.25, 0.3) is 0 Å². The van der Waals surface area contributed by atoms with E-state index in [2.05, 4.69) is 4.74 Å². The molecule has 0 spiro atoms. The van der Waals surface area contributed by atoms with Crippen LogP contribution < -0.4 is 0 Å². The third-order valence-electron chi connectivity index (χ3n) is 3.71. The molecule has 0 aromatic heterocycles. The zero-order valence-corrected chi connectivity index (χ0v) is 18.6. The van der Waals surface area contributed by atoms with E-state index in [-0.39, 0.29) is 12.4 Å². The first-order valence-electron chi connectivity index (χ1n) is 10.4. The maximum atomic E-state index is 10.9. The highest BCUT2D eigenvalue weighted by atomic mass is 35.5. The predicted molar refractivity (Wildman–Crippen MR) is 111 cm³/mol. The molecule has 0 amide bonds. The Morgan fingerprint density at radius 1 is 0.552 bits per heavy atom. The molecule has 0 unspecified atom stereocenters. The Hall–Kier alpha value is -0.480. The summed E-state index contributed by atoms with van der Waals surface area (Å²) in [5.74, 6) is 0.469. The highest BCUT2D eigenvalue weighted by Crippen LogP contribution is 2.01. The van der Waals surface area contributed by atoms with Crippen molar-refractivity contribution in [2.24, 2.45) is 0 Å². The quantitative estimate of drug-likeness (QED) is 0.128. The minimum absolute atomic E-state index is 0.258. The second-order valence-electron chi connectivity index (χ2n) is 6.10. The van der Waals surface area contributed by atoms with E-state index in [4.69, 9.17) is 40.0 Å². The Labute approximate surface area is 180 Å². The van der Waals surface area contributed by atoms with Crippen LogP contribution in [-0.4, -0.2) is 98.2 Å². The lowest BCUT2D eigenvalue weighted by molar-refractivity contribution is -0.141. The molecule has 0 bridgehead atoms. The van der Waals surface area contributed by atoms with Gasteiger partial charge in [-0.1, -0.05) is 12.8 Å². The average molecular weight is 443 g/mol. The van der Waals surface area contributed by atoms with Crippen LogP contribution in [0, 0.1) is 0 Å². The largest absolute Gasteiger partial charge is 0.469 e. The van der Waals surface area contributed by atoms with Crippen molar-refractivity contribution in [2.45, 2.75) is 32.1 Å². The van der Waals surface area contributed by atoms with E-state index < -0.39 is 0 Å². The summed E-state index contributed by atoms with van der Waals surface area (Å²) in [7, 11) is 1.36. The van der Waals surface area contributed by atoms with Crippen LogP contribution in [-0.2, 0) is 38.0 Å². The molecule has 0 N–H and O–H groups in total. The molecule has 0 radical (unpaired) electrons. The molecule has 0 fully saturated rings. The van der Waals surface area contributed by atoms with Gasteiger partial charge < -0.3 is 33.2 Å². The summed E-state index contributed by atoms with van der Waals surface area (Å²) in [4.78, 5) is 10.9. The van der Waals surface area contributed by atoms with Gasteiger partial charge in [0.05, 0.1) is 86.2 Å². The summed E-state index contributed by atoms with van der Waals surface area (Å²) in [6, 6.07) is 0. The standard InChI is InChI=1S/C20H39ClO8/c1-23-20(22)6-9-25-11-13-27-15-17-29-19-18-28-16-14-26-12-10-24-8-5-3-2-4-7-21/h2-19H2,1H3. The summed E-state index contributed by atoms with van der Waals surface area (Å²) in [5, 5.41) is 0. The monoisotopic (exact) mass is 442 g/mol. The molecule has 0 heterocycles. The fourth-order valence-electron chi connectivity index (χ4n) is 2.11. The molecule has 174 valence electrons. The maximum absolute atomic E-state index is 10.9. The highest BCUT2D eigenvalue weighted by molar-refractivity contribution is 6.17. The van der Waals surface area contributed by atoms with Crippen molar-refractivity contribution < 1.29 is 38.0 Å². The number of esters is 1. The van der Waals surface area contributed by atoms with Gasteiger partial charge in [0.1, 0.15) is 0 Å². The number of hydrogen-bond donors (Lipinski definition) is 0. The van der Waals surface area contributed by atoms with Crippen LogP contribution in [0.1, 0.15) is 32.1 Å². The third-order valence-corrected chi connectivity index (χ3v) is 3.98. The normalized spacial score (nSPS) is 11.1. The van der Waals surface area contributed by atoms with Gasteiger partial charge in [-0.05, 0) is 12.8 Å². The second-order valence-corrected chi connectivity index (χ2v) is 6.48. The lowest BCUT2D eigenvalue weighted by Crippen LogP contribution is -2.14. The fraction of sp³-hybridized carbons (Fsp3) is 0.950. The number of ether oxygens (including phenoxy) is 7. The Bertz CT molecular complexity index is 334. The molecular formula is C20H39ClO8. The first kappa shape index (κ1) is 28.5. The van der Waals surface area contributed by atoms with E-state index in [1.54, 1.807) is 0 Å². The van der Waals surface area contributed by atoms with E-state index in [0.717, 1.165) is 25.3 Å². The number of methoxy groups -OCH3 is 1. The molecule has 8 nitrogen and oxygen atoms in total. The molecule has 0 aliphatic carbocycles. The van der Waals surface area contributed by atoms with E-state index in [0.29, 0.717) is 72.7 Å². The molecule has 0 aliphatic heterocycles. The first-order chi connectivity index (χ1) is 14.3. The van der Waals surface area contributed by atoms with Gasteiger partial charge in [0.2, 0.25) is 0 Å². The number of hydrogen-bond acceptors (Lipinski definition) is 8. The lowest BCUT2D eigenvalue weighted by Gasteiger charge is -2.08. The zero-order chi connectivity index (χ0) is 21.3. The van der Waals surface area contributed by atoms with Gasteiger partial charge in [-0.25, -0.2) is 0 Å². The topological polar surface area (TPSA) is 81.7 Å². The lowest BCUT2D eigenvalue weighted by atomic mass is 10.2. The van der Waals surface area contributed by atoms with Gasteiger partial charge in [-0.15, -0.1) is 11.6 Å².